The predicted octanol–water partition coefficient (Wildman–Crippen LogP) is 2.53. The van der Waals surface area contributed by atoms with Crippen LogP contribution in [0.5, 0.6) is 17.2 Å². The summed E-state index contributed by atoms with van der Waals surface area (Å²) in [6.07, 6.45) is 3.43. The summed E-state index contributed by atoms with van der Waals surface area (Å²) >= 11 is 0. The van der Waals surface area contributed by atoms with Crippen LogP contribution in [0.4, 0.5) is 0 Å². The van der Waals surface area contributed by atoms with Crippen molar-refractivity contribution in [2.24, 2.45) is 0 Å². The van der Waals surface area contributed by atoms with E-state index < -0.39 is 0 Å². The highest BCUT2D eigenvalue weighted by Crippen LogP contribution is 2.40. The van der Waals surface area contributed by atoms with Crippen LogP contribution in [0.1, 0.15) is 11.7 Å². The number of nitrogens with one attached hydrogen (secondary N) is 1. The number of hydrogen-bond acceptors (Lipinski definition) is 4. The Morgan fingerprint density at radius 2 is 2.00 bits per heavy atom. The van der Waals surface area contributed by atoms with E-state index in [-0.39, 0.29) is 6.10 Å². The summed E-state index contributed by atoms with van der Waals surface area (Å²) in [6.45, 7) is 0.705. The van der Waals surface area contributed by atoms with Gasteiger partial charge in [-0.3, -0.25) is 4.98 Å². The topological polar surface area (TPSA) is 43.4 Å². The zero-order valence-corrected chi connectivity index (χ0v) is 10.1. The Balaban J connectivity index is 2.08. The minimum absolute atomic E-state index is 0.0950. The lowest BCUT2D eigenvalue weighted by molar-refractivity contribution is 0.207. The number of ether oxygens (including phenoxy) is 2. The molecule has 0 bridgehead atoms. The standard InChI is InChI=1S/C14H14N2O2/c1-15-9-14-10-8-16-7-6-11(10)17-12-4-2-3-5-13(12)18-14/h2-8,14-15H,9H2,1H3/t14-/m0/s1. The summed E-state index contributed by atoms with van der Waals surface area (Å²) < 4.78 is 11.9. The second kappa shape index (κ2) is 4.66. The van der Waals surface area contributed by atoms with E-state index in [9.17, 15) is 0 Å². The minimum Gasteiger partial charge on any atom is -0.480 e. The molecule has 0 saturated carbocycles. The average molecular weight is 242 g/mol. The van der Waals surface area contributed by atoms with Gasteiger partial charge in [0.1, 0.15) is 11.9 Å². The number of nitrogens with zero attached hydrogens (tertiary/aromatic N) is 1. The highest BCUT2D eigenvalue weighted by molar-refractivity contribution is 5.47. The molecule has 0 fully saturated rings. The van der Waals surface area contributed by atoms with Gasteiger partial charge in [-0.1, -0.05) is 12.1 Å². The maximum Gasteiger partial charge on any atom is 0.169 e. The van der Waals surface area contributed by atoms with Crippen LogP contribution in [0.3, 0.4) is 0 Å². The summed E-state index contributed by atoms with van der Waals surface area (Å²) in [5, 5.41) is 3.13. The Labute approximate surface area is 106 Å². The second-order valence-corrected chi connectivity index (χ2v) is 4.13. The van der Waals surface area contributed by atoms with Crippen molar-refractivity contribution in [2.75, 3.05) is 13.6 Å². The quantitative estimate of drug-likeness (QED) is 0.878. The molecule has 1 aromatic heterocycles. The summed E-state index contributed by atoms with van der Waals surface area (Å²) in [5.41, 5.74) is 0.961. The number of fused-ring (bicyclic) bond motifs is 2. The molecule has 0 saturated heterocycles. The van der Waals surface area contributed by atoms with E-state index in [1.54, 1.807) is 12.4 Å². The highest BCUT2D eigenvalue weighted by atomic mass is 16.5. The predicted molar refractivity (Wildman–Crippen MR) is 68.0 cm³/mol. The first-order chi connectivity index (χ1) is 8.88. The molecule has 0 spiro atoms. The number of pyridine rings is 1. The Morgan fingerprint density at radius 1 is 1.17 bits per heavy atom. The molecular formula is C14H14N2O2. The Kier molecular flexibility index (Phi) is 2.86. The first-order valence-electron chi connectivity index (χ1n) is 5.90. The molecule has 0 radical (unpaired) electrons. The van der Waals surface area contributed by atoms with Crippen molar-refractivity contribution in [2.45, 2.75) is 6.10 Å². The van der Waals surface area contributed by atoms with Gasteiger partial charge >= 0.3 is 0 Å². The van der Waals surface area contributed by atoms with Crippen molar-refractivity contribution in [1.82, 2.24) is 10.3 Å². The summed E-state index contributed by atoms with van der Waals surface area (Å²) in [7, 11) is 1.90. The van der Waals surface area contributed by atoms with Crippen molar-refractivity contribution in [1.29, 1.82) is 0 Å². The fraction of sp³-hybridized carbons (Fsp3) is 0.214. The third-order valence-electron chi connectivity index (χ3n) is 2.88. The van der Waals surface area contributed by atoms with Crippen molar-refractivity contribution in [3.8, 4) is 17.2 Å². The SMILES string of the molecule is CNC[C@@H]1Oc2ccccc2Oc2ccncc21. The van der Waals surface area contributed by atoms with E-state index >= 15 is 0 Å². The highest BCUT2D eigenvalue weighted by Gasteiger charge is 2.23. The average Bonchev–Trinajstić information content (AvgIpc) is 2.56. The molecule has 2 aromatic rings. The van der Waals surface area contributed by atoms with Crippen molar-refractivity contribution >= 4 is 0 Å². The van der Waals surface area contributed by atoms with Crippen LogP contribution in [0.15, 0.2) is 42.7 Å². The molecule has 3 rings (SSSR count). The fourth-order valence-electron chi connectivity index (χ4n) is 2.03. The lowest BCUT2D eigenvalue weighted by Gasteiger charge is -2.16. The number of rotatable bonds is 2. The van der Waals surface area contributed by atoms with Gasteiger partial charge in [0.25, 0.3) is 0 Å². The monoisotopic (exact) mass is 242 g/mol. The summed E-state index contributed by atoms with van der Waals surface area (Å²) in [5.74, 6) is 2.30. The van der Waals surface area contributed by atoms with Gasteiger partial charge in [-0.2, -0.15) is 0 Å². The fourth-order valence-corrected chi connectivity index (χ4v) is 2.03. The molecule has 4 nitrogen and oxygen atoms in total. The van der Waals surface area contributed by atoms with Gasteiger partial charge in [0.15, 0.2) is 11.5 Å². The molecule has 0 unspecified atom stereocenters. The molecule has 92 valence electrons. The van der Waals surface area contributed by atoms with Crippen molar-refractivity contribution in [3.63, 3.8) is 0 Å². The van der Waals surface area contributed by atoms with E-state index in [4.69, 9.17) is 9.47 Å². The van der Waals surface area contributed by atoms with E-state index in [1.165, 1.54) is 0 Å². The lowest BCUT2D eigenvalue weighted by atomic mass is 10.1. The number of likely N-dealkylation sites (N-methyl/N-ethyl adjacent to an activating group) is 1. The van der Waals surface area contributed by atoms with Crippen LogP contribution in [0.2, 0.25) is 0 Å². The van der Waals surface area contributed by atoms with Crippen LogP contribution in [0.25, 0.3) is 0 Å². The molecule has 1 aliphatic rings. The third-order valence-corrected chi connectivity index (χ3v) is 2.88. The molecule has 18 heavy (non-hydrogen) atoms. The maximum atomic E-state index is 6.00. The van der Waals surface area contributed by atoms with Crippen molar-refractivity contribution in [3.05, 3.63) is 48.3 Å². The van der Waals surface area contributed by atoms with Gasteiger partial charge in [-0.15, -0.1) is 0 Å². The van der Waals surface area contributed by atoms with E-state index in [0.29, 0.717) is 6.54 Å². The molecule has 0 aliphatic carbocycles. The van der Waals surface area contributed by atoms with Gasteiger partial charge in [-0.05, 0) is 25.2 Å². The Morgan fingerprint density at radius 3 is 2.83 bits per heavy atom. The zero-order chi connectivity index (χ0) is 12.4. The van der Waals surface area contributed by atoms with E-state index in [1.807, 2.05) is 37.4 Å². The Hall–Kier alpha value is -2.07. The van der Waals surface area contributed by atoms with Gasteiger partial charge < -0.3 is 14.8 Å². The number of para-hydroxylation sites is 2. The largest absolute Gasteiger partial charge is 0.480 e. The van der Waals surface area contributed by atoms with Crippen LogP contribution in [-0.2, 0) is 0 Å². The molecule has 0 amide bonds. The van der Waals surface area contributed by atoms with Crippen LogP contribution >= 0.6 is 0 Å². The zero-order valence-electron chi connectivity index (χ0n) is 10.1. The smallest absolute Gasteiger partial charge is 0.169 e. The normalized spacial score (nSPS) is 16.8. The molecular weight excluding hydrogens is 228 g/mol. The summed E-state index contributed by atoms with van der Waals surface area (Å²) in [4.78, 5) is 4.15. The van der Waals surface area contributed by atoms with Gasteiger partial charge in [0.05, 0.1) is 5.56 Å². The third kappa shape index (κ3) is 1.91. The van der Waals surface area contributed by atoms with Gasteiger partial charge in [0.2, 0.25) is 0 Å². The maximum absolute atomic E-state index is 6.00. The first-order valence-corrected chi connectivity index (χ1v) is 5.90. The van der Waals surface area contributed by atoms with E-state index in [0.717, 1.165) is 22.8 Å². The first kappa shape index (κ1) is 11.0. The molecule has 1 aliphatic heterocycles. The number of hydrogen-bond donors (Lipinski definition) is 1. The molecule has 1 atom stereocenters. The lowest BCUT2D eigenvalue weighted by Crippen LogP contribution is -2.21. The molecule has 4 heteroatoms. The van der Waals surface area contributed by atoms with E-state index in [2.05, 4.69) is 10.3 Å². The number of aromatic nitrogens is 1. The van der Waals surface area contributed by atoms with Crippen LogP contribution in [-0.4, -0.2) is 18.6 Å². The van der Waals surface area contributed by atoms with Crippen LogP contribution < -0.4 is 14.8 Å². The number of benzene rings is 1. The van der Waals surface area contributed by atoms with Crippen LogP contribution in [0, 0.1) is 0 Å². The Bertz CT molecular complexity index is 557. The van der Waals surface area contributed by atoms with Crippen molar-refractivity contribution < 1.29 is 9.47 Å². The molecule has 1 aromatic carbocycles. The van der Waals surface area contributed by atoms with Gasteiger partial charge in [0, 0.05) is 18.9 Å². The second-order valence-electron chi connectivity index (χ2n) is 4.13. The van der Waals surface area contributed by atoms with Gasteiger partial charge in [-0.25, -0.2) is 0 Å². The molecule has 1 N–H and O–H groups in total. The molecule has 2 heterocycles. The summed E-state index contributed by atoms with van der Waals surface area (Å²) in [6, 6.07) is 9.55. The minimum atomic E-state index is -0.0950.